The highest BCUT2D eigenvalue weighted by atomic mass is 19.4. The monoisotopic (exact) mass is 798 g/mol. The molecule has 0 spiro atoms. The van der Waals surface area contributed by atoms with E-state index in [1.54, 1.807) is 72.0 Å². The smallest absolute Gasteiger partial charge is 0.471 e. The van der Waals surface area contributed by atoms with Crippen LogP contribution >= 0.6 is 0 Å². The van der Waals surface area contributed by atoms with Crippen molar-refractivity contribution in [1.82, 2.24) is 14.9 Å². The first-order valence-electron chi connectivity index (χ1n) is 18.2. The molecule has 0 aliphatic carbocycles. The molecule has 1 aromatic heterocycles. The van der Waals surface area contributed by atoms with Gasteiger partial charge in [-0.3, -0.25) is 14.2 Å². The number of carbonyl (C=O) groups is 2. The molecule has 4 atom stereocenters. The number of methoxy groups -OCH3 is 2. The van der Waals surface area contributed by atoms with Crippen LogP contribution in [-0.2, 0) is 14.9 Å². The van der Waals surface area contributed by atoms with Gasteiger partial charge in [-0.15, -0.1) is 0 Å². The third-order valence-electron chi connectivity index (χ3n) is 9.89. The second-order valence-electron chi connectivity index (χ2n) is 13.4. The number of halogens is 3. The number of carbonyl (C=O) groups excluding carboxylic acids is 2. The number of para-hydroxylation sites is 2. The third kappa shape index (κ3) is 8.51. The van der Waals surface area contributed by atoms with E-state index in [-0.39, 0.29) is 36.3 Å². The largest absolute Gasteiger partial charge is 0.496 e. The molecule has 12 nitrogen and oxygen atoms in total. The Kier molecular flexibility index (Phi) is 12.7. The third-order valence-corrected chi connectivity index (χ3v) is 9.89. The van der Waals surface area contributed by atoms with Crippen LogP contribution < -0.4 is 25.8 Å². The maximum Gasteiger partial charge on any atom is 0.471 e. The van der Waals surface area contributed by atoms with Crippen molar-refractivity contribution in [3.05, 3.63) is 160 Å². The van der Waals surface area contributed by atoms with Crippen molar-refractivity contribution in [3.8, 4) is 11.5 Å². The molecule has 1 aliphatic heterocycles. The standard InChI is InChI=1S/C43H41F3N4O8/c1-56-33-22-11-9-20-30(33)42(29-18-7-4-8-19-29,31-21-10-12-23-34(31)57-2)37(52)36-32(51)25-35(58-36)50-26-28(17-13-14-24-47-40(54)43(44,45)46)38(49-41(50)55)48-39(53)27-15-5-3-6-16-27/h3-13,15-23,26,32,35-37,51-52H,14,24-25H2,1-2H3,(H,47,54)(H,48,49,53,55)/b17-13+/t32-,35+,36-,37?/m0/s1. The van der Waals surface area contributed by atoms with Crippen molar-refractivity contribution in [2.45, 2.75) is 49.0 Å². The summed E-state index contributed by atoms with van der Waals surface area (Å²) in [5, 5.41) is 29.0. The van der Waals surface area contributed by atoms with Crippen molar-refractivity contribution in [3.63, 3.8) is 0 Å². The number of hydrogen-bond acceptors (Lipinski definition) is 9. The molecule has 0 bridgehead atoms. The maximum absolute atomic E-state index is 13.7. The van der Waals surface area contributed by atoms with Gasteiger partial charge in [0.25, 0.3) is 5.91 Å². The first-order chi connectivity index (χ1) is 27.9. The number of nitrogens with zero attached hydrogens (tertiary/aromatic N) is 2. The Morgan fingerprint density at radius 2 is 1.48 bits per heavy atom. The Balaban J connectivity index is 1.40. The van der Waals surface area contributed by atoms with Crippen molar-refractivity contribution in [1.29, 1.82) is 0 Å². The summed E-state index contributed by atoms with van der Waals surface area (Å²) in [6.45, 7) is -0.354. The van der Waals surface area contributed by atoms with Gasteiger partial charge >= 0.3 is 17.8 Å². The van der Waals surface area contributed by atoms with Crippen LogP contribution in [0.5, 0.6) is 11.5 Å². The van der Waals surface area contributed by atoms with Crippen molar-refractivity contribution in [2.24, 2.45) is 0 Å². The molecule has 6 rings (SSSR count). The molecule has 4 N–H and O–H groups in total. The zero-order valence-corrected chi connectivity index (χ0v) is 31.4. The molecule has 2 amide bonds. The van der Waals surface area contributed by atoms with E-state index >= 15 is 0 Å². The predicted octanol–water partition coefficient (Wildman–Crippen LogP) is 5.64. The maximum atomic E-state index is 13.7. The zero-order chi connectivity index (χ0) is 41.5. The highest BCUT2D eigenvalue weighted by molar-refractivity contribution is 6.04. The van der Waals surface area contributed by atoms with Crippen LogP contribution in [0.25, 0.3) is 6.08 Å². The minimum Gasteiger partial charge on any atom is -0.496 e. The van der Waals surface area contributed by atoms with Crippen LogP contribution in [-0.4, -0.2) is 76.8 Å². The normalized spacial score (nSPS) is 17.5. The van der Waals surface area contributed by atoms with Gasteiger partial charge < -0.3 is 35.1 Å². The number of rotatable bonds is 14. The van der Waals surface area contributed by atoms with Crippen LogP contribution in [0.15, 0.2) is 126 Å². The van der Waals surface area contributed by atoms with E-state index in [9.17, 15) is 37.8 Å². The molecular weight excluding hydrogens is 757 g/mol. The fourth-order valence-corrected chi connectivity index (χ4v) is 7.23. The summed E-state index contributed by atoms with van der Waals surface area (Å²) in [5.74, 6) is -1.96. The number of hydrogen-bond donors (Lipinski definition) is 4. The molecule has 1 aliphatic rings. The summed E-state index contributed by atoms with van der Waals surface area (Å²) in [4.78, 5) is 42.2. The minimum absolute atomic E-state index is 0.0482. The van der Waals surface area contributed by atoms with E-state index in [1.807, 2.05) is 42.5 Å². The summed E-state index contributed by atoms with van der Waals surface area (Å²) in [6.07, 6.45) is -6.49. The van der Waals surface area contributed by atoms with Gasteiger partial charge in [0.05, 0.1) is 25.7 Å². The number of benzene rings is 4. The number of amides is 2. The second kappa shape index (κ2) is 17.9. The van der Waals surface area contributed by atoms with Crippen LogP contribution in [0.3, 0.4) is 0 Å². The fraction of sp³-hybridized carbons (Fsp3) is 0.256. The van der Waals surface area contributed by atoms with Gasteiger partial charge in [0.15, 0.2) is 0 Å². The Morgan fingerprint density at radius 1 is 0.914 bits per heavy atom. The van der Waals surface area contributed by atoms with Gasteiger partial charge in [-0.1, -0.05) is 97.1 Å². The molecule has 4 aromatic carbocycles. The van der Waals surface area contributed by atoms with E-state index in [2.05, 4.69) is 10.3 Å². The number of alkyl halides is 3. The van der Waals surface area contributed by atoms with Crippen molar-refractivity contribution >= 4 is 23.7 Å². The molecule has 15 heteroatoms. The molecule has 0 saturated carbocycles. The molecule has 302 valence electrons. The number of nitrogens with one attached hydrogen (secondary N) is 2. The summed E-state index contributed by atoms with van der Waals surface area (Å²) < 4.78 is 57.3. The average molecular weight is 799 g/mol. The lowest BCUT2D eigenvalue weighted by atomic mass is 9.63. The summed E-state index contributed by atoms with van der Waals surface area (Å²) in [7, 11) is 3.02. The lowest BCUT2D eigenvalue weighted by molar-refractivity contribution is -0.173. The van der Waals surface area contributed by atoms with E-state index in [1.165, 1.54) is 32.6 Å². The van der Waals surface area contributed by atoms with E-state index in [0.717, 1.165) is 4.57 Å². The molecule has 0 radical (unpaired) electrons. The number of aromatic nitrogens is 2. The summed E-state index contributed by atoms with van der Waals surface area (Å²) in [6, 6.07) is 31.6. The Morgan fingerprint density at radius 3 is 2.07 bits per heavy atom. The van der Waals surface area contributed by atoms with E-state index < -0.39 is 53.6 Å². The quantitative estimate of drug-likeness (QED) is 0.0824. The highest BCUT2D eigenvalue weighted by Gasteiger charge is 2.54. The summed E-state index contributed by atoms with van der Waals surface area (Å²) >= 11 is 0. The van der Waals surface area contributed by atoms with Gasteiger partial charge in [0.2, 0.25) is 0 Å². The van der Waals surface area contributed by atoms with Crippen LogP contribution in [0.2, 0.25) is 0 Å². The number of aliphatic hydroxyl groups is 2. The van der Waals surface area contributed by atoms with Crippen LogP contribution in [0, 0.1) is 0 Å². The minimum atomic E-state index is -5.05. The first kappa shape index (κ1) is 41.3. The Labute approximate surface area is 331 Å². The van der Waals surface area contributed by atoms with Gasteiger partial charge in [-0.05, 0) is 36.2 Å². The van der Waals surface area contributed by atoms with Gasteiger partial charge in [0.1, 0.15) is 35.8 Å². The van der Waals surface area contributed by atoms with E-state index in [0.29, 0.717) is 28.2 Å². The fourth-order valence-electron chi connectivity index (χ4n) is 7.23. The average Bonchev–Trinajstić information content (AvgIpc) is 3.62. The number of aliphatic hydroxyl groups excluding tert-OH is 2. The topological polar surface area (TPSA) is 161 Å². The van der Waals surface area contributed by atoms with Crippen LogP contribution in [0.1, 0.15) is 51.7 Å². The predicted molar refractivity (Wildman–Crippen MR) is 208 cm³/mol. The highest BCUT2D eigenvalue weighted by Crippen LogP contribution is 2.51. The molecule has 5 aromatic rings. The second-order valence-corrected chi connectivity index (χ2v) is 13.4. The summed E-state index contributed by atoms with van der Waals surface area (Å²) in [5.41, 5.74) is -0.238. The SMILES string of the molecule is COc1ccccc1C(c1ccccc1)(c1ccccc1OC)C(O)[C@H]1O[C@@H](n2cc(/C=C/CCNC(=O)C(F)(F)F)c(NC(=O)c3ccccc3)nc2=O)C[C@@H]1O. The Hall–Kier alpha value is -6.29. The van der Waals surface area contributed by atoms with Crippen molar-refractivity contribution in [2.75, 3.05) is 26.1 Å². The molecule has 1 fully saturated rings. The van der Waals surface area contributed by atoms with Gasteiger partial charge in [-0.2, -0.15) is 18.2 Å². The van der Waals surface area contributed by atoms with Crippen molar-refractivity contribution < 1.29 is 47.2 Å². The van der Waals surface area contributed by atoms with Crippen LogP contribution in [0.4, 0.5) is 19.0 Å². The molecule has 1 unspecified atom stereocenters. The van der Waals surface area contributed by atoms with E-state index in [4.69, 9.17) is 14.2 Å². The number of ether oxygens (including phenoxy) is 3. The lowest BCUT2D eigenvalue weighted by Gasteiger charge is -2.43. The molecule has 1 saturated heterocycles. The first-order valence-corrected chi connectivity index (χ1v) is 18.2. The van der Waals surface area contributed by atoms with Gasteiger partial charge in [-0.25, -0.2) is 4.79 Å². The lowest BCUT2D eigenvalue weighted by Crippen LogP contribution is -2.51. The molecule has 2 heterocycles. The zero-order valence-electron chi connectivity index (χ0n) is 31.4. The van der Waals surface area contributed by atoms with Gasteiger partial charge in [0, 0.05) is 41.4 Å². The molecule has 58 heavy (non-hydrogen) atoms. The Bertz CT molecular complexity index is 2260. The number of anilines is 1. The molecular formula is C43H41F3N4O8.